The fourth-order valence-corrected chi connectivity index (χ4v) is 1.81. The standard InChI is InChI=1S/C13H17ClO3/c1-4-17-13(15)11(14)8-10-7-9(2)5-6-12(10)16-3/h5-7,11H,4,8H2,1-3H3. The molecule has 0 heterocycles. The van der Waals surface area contributed by atoms with E-state index < -0.39 is 11.3 Å². The molecular formula is C13H17ClO3. The number of carbonyl (C=O) groups excluding carboxylic acids is 1. The zero-order valence-electron chi connectivity index (χ0n) is 10.3. The molecule has 0 saturated heterocycles. The summed E-state index contributed by atoms with van der Waals surface area (Å²) in [6, 6.07) is 5.79. The van der Waals surface area contributed by atoms with Crippen LogP contribution in [0.5, 0.6) is 5.75 Å². The zero-order valence-corrected chi connectivity index (χ0v) is 11.1. The van der Waals surface area contributed by atoms with Crippen molar-refractivity contribution in [2.24, 2.45) is 0 Å². The molecule has 0 amide bonds. The highest BCUT2D eigenvalue weighted by molar-refractivity contribution is 6.30. The fourth-order valence-electron chi connectivity index (χ4n) is 1.58. The van der Waals surface area contributed by atoms with Crippen LogP contribution in [-0.4, -0.2) is 25.1 Å². The number of ether oxygens (including phenoxy) is 2. The lowest BCUT2D eigenvalue weighted by Crippen LogP contribution is -2.20. The highest BCUT2D eigenvalue weighted by atomic mass is 35.5. The van der Waals surface area contributed by atoms with Crippen LogP contribution in [0.25, 0.3) is 0 Å². The summed E-state index contributed by atoms with van der Waals surface area (Å²) in [5.41, 5.74) is 2.02. The maximum Gasteiger partial charge on any atom is 0.324 e. The molecule has 0 aromatic heterocycles. The average Bonchev–Trinajstić information content (AvgIpc) is 2.29. The van der Waals surface area contributed by atoms with E-state index in [2.05, 4.69) is 0 Å². The lowest BCUT2D eigenvalue weighted by Gasteiger charge is -2.12. The van der Waals surface area contributed by atoms with Crippen LogP contribution in [0.2, 0.25) is 0 Å². The van der Waals surface area contributed by atoms with Gasteiger partial charge in [0, 0.05) is 6.42 Å². The van der Waals surface area contributed by atoms with E-state index in [1.165, 1.54) is 0 Å². The molecule has 4 heteroatoms. The molecule has 1 aromatic carbocycles. The normalized spacial score (nSPS) is 12.0. The second-order valence-electron chi connectivity index (χ2n) is 3.74. The molecule has 0 aliphatic rings. The Balaban J connectivity index is 2.79. The van der Waals surface area contributed by atoms with Gasteiger partial charge in [-0.25, -0.2) is 0 Å². The maximum atomic E-state index is 11.4. The van der Waals surface area contributed by atoms with E-state index in [1.807, 2.05) is 25.1 Å². The molecule has 0 saturated carbocycles. The molecule has 0 aliphatic carbocycles. The Bertz CT molecular complexity index is 390. The Morgan fingerprint density at radius 3 is 2.76 bits per heavy atom. The third kappa shape index (κ3) is 3.93. The quantitative estimate of drug-likeness (QED) is 0.600. The van der Waals surface area contributed by atoms with Crippen LogP contribution in [0.4, 0.5) is 0 Å². The molecule has 1 unspecified atom stereocenters. The Kier molecular flexibility index (Phi) is 5.29. The van der Waals surface area contributed by atoms with E-state index in [4.69, 9.17) is 21.1 Å². The number of rotatable bonds is 5. The van der Waals surface area contributed by atoms with Crippen molar-refractivity contribution in [3.05, 3.63) is 29.3 Å². The minimum absolute atomic E-state index is 0.340. The van der Waals surface area contributed by atoms with Crippen LogP contribution in [0, 0.1) is 6.92 Å². The number of halogens is 1. The molecule has 3 nitrogen and oxygen atoms in total. The van der Waals surface area contributed by atoms with Crippen LogP contribution in [0.1, 0.15) is 18.1 Å². The zero-order chi connectivity index (χ0) is 12.8. The van der Waals surface area contributed by atoms with Gasteiger partial charge < -0.3 is 9.47 Å². The van der Waals surface area contributed by atoms with Crippen molar-refractivity contribution < 1.29 is 14.3 Å². The van der Waals surface area contributed by atoms with Gasteiger partial charge in [0.25, 0.3) is 0 Å². The molecule has 0 aliphatic heterocycles. The first-order valence-electron chi connectivity index (χ1n) is 5.52. The Morgan fingerprint density at radius 2 is 2.18 bits per heavy atom. The summed E-state index contributed by atoms with van der Waals surface area (Å²) in [6.45, 7) is 4.08. The highest BCUT2D eigenvalue weighted by Crippen LogP contribution is 2.22. The summed E-state index contributed by atoms with van der Waals surface area (Å²) in [5.74, 6) is 0.350. The maximum absolute atomic E-state index is 11.4. The number of hydrogen-bond donors (Lipinski definition) is 0. The third-order valence-electron chi connectivity index (χ3n) is 2.38. The number of alkyl halides is 1. The summed E-state index contributed by atoms with van der Waals surface area (Å²) in [6.07, 6.45) is 0.408. The van der Waals surface area contributed by atoms with Gasteiger partial charge >= 0.3 is 5.97 Å². The van der Waals surface area contributed by atoms with Crippen LogP contribution in [0.15, 0.2) is 18.2 Å². The van der Waals surface area contributed by atoms with Crippen molar-refractivity contribution in [1.29, 1.82) is 0 Å². The van der Waals surface area contributed by atoms with Gasteiger partial charge in [-0.05, 0) is 25.5 Å². The van der Waals surface area contributed by atoms with Crippen molar-refractivity contribution >= 4 is 17.6 Å². The lowest BCUT2D eigenvalue weighted by atomic mass is 10.1. The number of aryl methyl sites for hydroxylation is 1. The molecule has 1 atom stereocenters. The molecule has 0 spiro atoms. The Hall–Kier alpha value is -1.22. The van der Waals surface area contributed by atoms with Crippen molar-refractivity contribution in [1.82, 2.24) is 0 Å². The summed E-state index contributed by atoms with van der Waals surface area (Å²) >= 11 is 6.00. The van der Waals surface area contributed by atoms with E-state index in [1.54, 1.807) is 14.0 Å². The first-order chi connectivity index (χ1) is 8.08. The largest absolute Gasteiger partial charge is 0.496 e. The van der Waals surface area contributed by atoms with Gasteiger partial charge in [0.05, 0.1) is 13.7 Å². The monoisotopic (exact) mass is 256 g/mol. The second-order valence-corrected chi connectivity index (χ2v) is 4.27. The smallest absolute Gasteiger partial charge is 0.324 e. The third-order valence-corrected chi connectivity index (χ3v) is 2.71. The first-order valence-corrected chi connectivity index (χ1v) is 5.96. The molecule has 0 radical (unpaired) electrons. The van der Waals surface area contributed by atoms with Crippen molar-refractivity contribution in [3.63, 3.8) is 0 Å². The molecule has 0 N–H and O–H groups in total. The van der Waals surface area contributed by atoms with Crippen LogP contribution < -0.4 is 4.74 Å². The summed E-state index contributed by atoms with van der Waals surface area (Å²) in [5, 5.41) is -0.675. The van der Waals surface area contributed by atoms with Gasteiger partial charge in [0.15, 0.2) is 0 Å². The average molecular weight is 257 g/mol. The lowest BCUT2D eigenvalue weighted by molar-refractivity contribution is -0.142. The number of benzene rings is 1. The van der Waals surface area contributed by atoms with Gasteiger partial charge in [-0.2, -0.15) is 0 Å². The Morgan fingerprint density at radius 1 is 1.47 bits per heavy atom. The van der Waals surface area contributed by atoms with Gasteiger partial charge in [-0.1, -0.05) is 17.7 Å². The predicted octanol–water partition coefficient (Wildman–Crippen LogP) is 2.72. The minimum Gasteiger partial charge on any atom is -0.496 e. The second kappa shape index (κ2) is 6.50. The van der Waals surface area contributed by atoms with Crippen molar-refractivity contribution in [2.45, 2.75) is 25.6 Å². The number of esters is 1. The van der Waals surface area contributed by atoms with Gasteiger partial charge in [-0.3, -0.25) is 4.79 Å². The molecule has 0 fully saturated rings. The van der Waals surface area contributed by atoms with Crippen molar-refractivity contribution in [3.8, 4) is 5.75 Å². The molecule has 1 aromatic rings. The molecule has 0 bridgehead atoms. The van der Waals surface area contributed by atoms with E-state index in [0.717, 1.165) is 16.9 Å². The van der Waals surface area contributed by atoms with Crippen molar-refractivity contribution in [2.75, 3.05) is 13.7 Å². The van der Waals surface area contributed by atoms with Crippen LogP contribution >= 0.6 is 11.6 Å². The molecule has 1 rings (SSSR count). The topological polar surface area (TPSA) is 35.5 Å². The van der Waals surface area contributed by atoms with E-state index in [0.29, 0.717) is 13.0 Å². The van der Waals surface area contributed by atoms with Crippen LogP contribution in [-0.2, 0) is 16.0 Å². The van der Waals surface area contributed by atoms with Gasteiger partial charge in [0.1, 0.15) is 11.1 Å². The summed E-state index contributed by atoms with van der Waals surface area (Å²) < 4.78 is 10.1. The number of carbonyl (C=O) groups is 1. The SMILES string of the molecule is CCOC(=O)C(Cl)Cc1cc(C)ccc1OC. The summed E-state index contributed by atoms with van der Waals surface area (Å²) in [7, 11) is 1.60. The minimum atomic E-state index is -0.675. The Labute approximate surface area is 107 Å². The number of methoxy groups -OCH3 is 1. The first kappa shape index (κ1) is 13.8. The van der Waals surface area contributed by atoms with E-state index in [-0.39, 0.29) is 0 Å². The fraction of sp³-hybridized carbons (Fsp3) is 0.462. The van der Waals surface area contributed by atoms with Gasteiger partial charge in [0.2, 0.25) is 0 Å². The van der Waals surface area contributed by atoms with E-state index in [9.17, 15) is 4.79 Å². The van der Waals surface area contributed by atoms with Gasteiger partial charge in [-0.15, -0.1) is 11.6 Å². The molecule has 17 heavy (non-hydrogen) atoms. The predicted molar refractivity (Wildman–Crippen MR) is 67.7 cm³/mol. The molecule has 94 valence electrons. The number of hydrogen-bond acceptors (Lipinski definition) is 3. The van der Waals surface area contributed by atoms with Crippen LogP contribution in [0.3, 0.4) is 0 Å². The van der Waals surface area contributed by atoms with E-state index >= 15 is 0 Å². The molecular weight excluding hydrogens is 240 g/mol. The highest BCUT2D eigenvalue weighted by Gasteiger charge is 2.19. The summed E-state index contributed by atoms with van der Waals surface area (Å²) in [4.78, 5) is 11.4.